The molecule has 0 radical (unpaired) electrons. The molecule has 3 aromatic heterocycles. The van der Waals surface area contributed by atoms with Gasteiger partial charge in [0.1, 0.15) is 5.75 Å². The molecule has 0 saturated heterocycles. The molecule has 0 aliphatic rings. The van der Waals surface area contributed by atoms with Crippen molar-refractivity contribution in [2.24, 2.45) is 0 Å². The molecule has 10 heteroatoms. The van der Waals surface area contributed by atoms with Crippen LogP contribution >= 0.6 is 11.3 Å². The first-order chi connectivity index (χ1) is 13.4. The lowest BCUT2D eigenvalue weighted by atomic mass is 9.98. The van der Waals surface area contributed by atoms with E-state index < -0.39 is 12.0 Å². The second-order valence-corrected chi connectivity index (χ2v) is 6.83. The average Bonchev–Trinajstić information content (AvgIpc) is 3.14. The molecule has 0 saturated carbocycles. The molecule has 1 atom stereocenters. The first-order valence-corrected chi connectivity index (χ1v) is 9.12. The molecule has 0 bridgehead atoms. The molecule has 0 aliphatic heterocycles. The van der Waals surface area contributed by atoms with Crippen molar-refractivity contribution < 1.29 is 19.4 Å². The summed E-state index contributed by atoms with van der Waals surface area (Å²) in [5.41, 5.74) is 2.73. The van der Waals surface area contributed by atoms with Gasteiger partial charge in [0.2, 0.25) is 5.13 Å². The lowest BCUT2D eigenvalue weighted by Crippen LogP contribution is -2.14. The van der Waals surface area contributed by atoms with E-state index in [2.05, 4.69) is 25.5 Å². The standard InChI is InChI=1S/C18H19N5O4S/c1-9-5-11(12-6-14(10(2)24)20-8-15(12)26-3)13(7-19-9)16(25)21-17-22-23-18(27-4)28-17/h5-8,10,24H,1-4H3,(H,21,22,25)/t10-/m1/s1. The normalized spacial score (nSPS) is 11.8. The van der Waals surface area contributed by atoms with Crippen LogP contribution in [0, 0.1) is 6.92 Å². The number of nitrogens with zero attached hydrogens (tertiary/aromatic N) is 4. The minimum atomic E-state index is -0.765. The number of pyridine rings is 2. The maximum absolute atomic E-state index is 12.9. The summed E-state index contributed by atoms with van der Waals surface area (Å²) in [7, 11) is 2.99. The van der Waals surface area contributed by atoms with E-state index in [4.69, 9.17) is 9.47 Å². The third-order valence-corrected chi connectivity index (χ3v) is 4.71. The molecule has 3 heterocycles. The van der Waals surface area contributed by atoms with Gasteiger partial charge >= 0.3 is 0 Å². The number of amides is 1. The van der Waals surface area contributed by atoms with Gasteiger partial charge in [-0.25, -0.2) is 0 Å². The fourth-order valence-corrected chi connectivity index (χ4v) is 3.09. The van der Waals surface area contributed by atoms with Gasteiger partial charge in [-0.05, 0) is 37.3 Å². The third kappa shape index (κ3) is 4.07. The van der Waals surface area contributed by atoms with Gasteiger partial charge in [0.05, 0.1) is 37.8 Å². The number of ether oxygens (including phenoxy) is 2. The molecule has 146 valence electrons. The first kappa shape index (κ1) is 19.6. The number of rotatable bonds is 6. The van der Waals surface area contributed by atoms with Crippen LogP contribution in [-0.2, 0) is 0 Å². The highest BCUT2D eigenvalue weighted by Crippen LogP contribution is 2.34. The highest BCUT2D eigenvalue weighted by atomic mass is 32.1. The number of aliphatic hydroxyl groups is 1. The van der Waals surface area contributed by atoms with Gasteiger partial charge in [-0.2, -0.15) is 0 Å². The molecule has 3 aromatic rings. The number of methoxy groups -OCH3 is 2. The van der Waals surface area contributed by atoms with E-state index in [9.17, 15) is 9.90 Å². The van der Waals surface area contributed by atoms with E-state index in [1.54, 1.807) is 19.1 Å². The molecular formula is C18H19N5O4S. The van der Waals surface area contributed by atoms with Gasteiger partial charge in [0.25, 0.3) is 11.1 Å². The highest BCUT2D eigenvalue weighted by molar-refractivity contribution is 7.17. The second kappa shape index (κ2) is 8.28. The highest BCUT2D eigenvalue weighted by Gasteiger charge is 2.20. The Labute approximate surface area is 165 Å². The van der Waals surface area contributed by atoms with Crippen molar-refractivity contribution in [3.05, 3.63) is 41.5 Å². The maximum atomic E-state index is 12.9. The number of aryl methyl sites for hydroxylation is 1. The summed E-state index contributed by atoms with van der Waals surface area (Å²) in [5.74, 6) is 0.0698. The van der Waals surface area contributed by atoms with Gasteiger partial charge in [-0.15, -0.1) is 5.10 Å². The zero-order valence-electron chi connectivity index (χ0n) is 15.8. The van der Waals surface area contributed by atoms with Crippen molar-refractivity contribution in [2.75, 3.05) is 19.5 Å². The minimum Gasteiger partial charge on any atom is -0.494 e. The van der Waals surface area contributed by atoms with Gasteiger partial charge in [-0.1, -0.05) is 5.10 Å². The first-order valence-electron chi connectivity index (χ1n) is 8.30. The molecule has 9 nitrogen and oxygen atoms in total. The van der Waals surface area contributed by atoms with Crippen LogP contribution in [0.15, 0.2) is 24.5 Å². The van der Waals surface area contributed by atoms with Gasteiger partial charge < -0.3 is 14.6 Å². The van der Waals surface area contributed by atoms with Gasteiger partial charge in [-0.3, -0.25) is 20.1 Å². The van der Waals surface area contributed by atoms with Crippen LogP contribution in [0.25, 0.3) is 11.1 Å². The van der Waals surface area contributed by atoms with Gasteiger partial charge in [0, 0.05) is 23.0 Å². The maximum Gasteiger partial charge on any atom is 0.295 e. The zero-order chi connectivity index (χ0) is 20.3. The second-order valence-electron chi connectivity index (χ2n) is 5.89. The van der Waals surface area contributed by atoms with Crippen molar-refractivity contribution in [2.45, 2.75) is 20.0 Å². The Kier molecular flexibility index (Phi) is 5.81. The molecule has 0 spiro atoms. The molecule has 2 N–H and O–H groups in total. The summed E-state index contributed by atoms with van der Waals surface area (Å²) in [6, 6.07) is 3.47. The SMILES string of the molecule is COc1nnc(NC(=O)c2cnc(C)cc2-c2cc([C@@H](C)O)ncc2OC)s1. The summed E-state index contributed by atoms with van der Waals surface area (Å²) in [6.07, 6.45) is 2.24. The van der Waals surface area contributed by atoms with Crippen molar-refractivity contribution in [1.29, 1.82) is 0 Å². The number of nitrogens with one attached hydrogen (secondary N) is 1. The summed E-state index contributed by atoms with van der Waals surface area (Å²) in [5, 5.41) is 20.9. The van der Waals surface area contributed by atoms with Crippen molar-refractivity contribution >= 4 is 22.4 Å². The van der Waals surface area contributed by atoms with Crippen molar-refractivity contribution in [3.8, 4) is 22.1 Å². The van der Waals surface area contributed by atoms with E-state index in [1.165, 1.54) is 26.6 Å². The predicted octanol–water partition coefficient (Wildman–Crippen LogP) is 2.63. The van der Waals surface area contributed by atoms with Crippen LogP contribution < -0.4 is 14.8 Å². The Morgan fingerprint density at radius 2 is 1.93 bits per heavy atom. The monoisotopic (exact) mass is 401 g/mol. The smallest absolute Gasteiger partial charge is 0.295 e. The quantitative estimate of drug-likeness (QED) is 0.647. The number of hydrogen-bond acceptors (Lipinski definition) is 9. The van der Waals surface area contributed by atoms with E-state index in [0.717, 1.165) is 17.0 Å². The molecule has 3 rings (SSSR count). The van der Waals surface area contributed by atoms with E-state index in [1.807, 2.05) is 6.92 Å². The van der Waals surface area contributed by atoms with Crippen LogP contribution in [-0.4, -0.2) is 45.4 Å². The zero-order valence-corrected chi connectivity index (χ0v) is 16.6. The fraction of sp³-hybridized carbons (Fsp3) is 0.278. The van der Waals surface area contributed by atoms with Crippen LogP contribution in [0.3, 0.4) is 0 Å². The average molecular weight is 401 g/mol. The third-order valence-electron chi connectivity index (χ3n) is 3.91. The molecule has 0 aromatic carbocycles. The Bertz CT molecular complexity index is 1010. The van der Waals surface area contributed by atoms with E-state index in [0.29, 0.717) is 38.5 Å². The number of aromatic nitrogens is 4. The number of carbonyl (C=O) groups is 1. The molecule has 0 fully saturated rings. The lowest BCUT2D eigenvalue weighted by Gasteiger charge is -2.15. The molecular weight excluding hydrogens is 382 g/mol. The van der Waals surface area contributed by atoms with Crippen LogP contribution in [0.5, 0.6) is 10.9 Å². The minimum absolute atomic E-state index is 0.305. The lowest BCUT2D eigenvalue weighted by molar-refractivity contribution is 0.102. The fourth-order valence-electron chi connectivity index (χ4n) is 2.53. The summed E-state index contributed by atoms with van der Waals surface area (Å²) in [6.45, 7) is 3.44. The number of carbonyl (C=O) groups excluding carboxylic acids is 1. The summed E-state index contributed by atoms with van der Waals surface area (Å²) in [4.78, 5) is 21.3. The van der Waals surface area contributed by atoms with Crippen molar-refractivity contribution in [1.82, 2.24) is 20.2 Å². The Morgan fingerprint density at radius 3 is 2.57 bits per heavy atom. The molecule has 1 amide bonds. The molecule has 0 unspecified atom stereocenters. The Morgan fingerprint density at radius 1 is 1.14 bits per heavy atom. The van der Waals surface area contributed by atoms with Crippen LogP contribution in [0.1, 0.15) is 34.8 Å². The van der Waals surface area contributed by atoms with E-state index >= 15 is 0 Å². The van der Waals surface area contributed by atoms with E-state index in [-0.39, 0.29) is 0 Å². The number of anilines is 1. The molecule has 0 aliphatic carbocycles. The van der Waals surface area contributed by atoms with Crippen molar-refractivity contribution in [3.63, 3.8) is 0 Å². The Hall–Kier alpha value is -3.11. The summed E-state index contributed by atoms with van der Waals surface area (Å²) >= 11 is 1.11. The van der Waals surface area contributed by atoms with Crippen LogP contribution in [0.4, 0.5) is 5.13 Å². The topological polar surface area (TPSA) is 119 Å². The van der Waals surface area contributed by atoms with Crippen LogP contribution in [0.2, 0.25) is 0 Å². The number of aliphatic hydroxyl groups excluding tert-OH is 1. The number of hydrogen-bond donors (Lipinski definition) is 2. The van der Waals surface area contributed by atoms with Gasteiger partial charge in [0.15, 0.2) is 0 Å². The predicted molar refractivity (Wildman–Crippen MR) is 104 cm³/mol. The largest absolute Gasteiger partial charge is 0.494 e. The molecule has 28 heavy (non-hydrogen) atoms. The summed E-state index contributed by atoms with van der Waals surface area (Å²) < 4.78 is 10.4. The Balaban J connectivity index is 2.06.